The van der Waals surface area contributed by atoms with Crippen molar-refractivity contribution in [3.8, 4) is 5.75 Å². The number of rotatable bonds is 6. The third-order valence-electron chi connectivity index (χ3n) is 3.06. The van der Waals surface area contributed by atoms with E-state index in [1.165, 1.54) is 19.1 Å². The number of hydrogen-bond acceptors (Lipinski definition) is 5. The molecule has 0 unspecified atom stereocenters. The molecular weight excluding hydrogens is 336 g/mol. The van der Waals surface area contributed by atoms with E-state index in [4.69, 9.17) is 16.3 Å². The molecule has 1 N–H and O–H groups in total. The fraction of sp³-hybridized carbons (Fsp3) is 0.125. The van der Waals surface area contributed by atoms with Crippen LogP contribution in [0.4, 0.5) is 11.4 Å². The third-order valence-corrected chi connectivity index (χ3v) is 3.39. The minimum atomic E-state index is -0.592. The first kappa shape index (κ1) is 17.4. The predicted octanol–water partition coefficient (Wildman–Crippen LogP) is 3.47. The molecule has 8 heteroatoms. The Morgan fingerprint density at radius 2 is 1.96 bits per heavy atom. The summed E-state index contributed by atoms with van der Waals surface area (Å²) < 4.78 is 5.34. The maximum absolute atomic E-state index is 12.0. The standard InChI is InChI=1S/C16H13ClN2O5/c1-10(20)12-4-2-3-5-15(12)24-9-16(21)18-14-8-11(19(22)23)6-7-13(14)17/h2-8H,9H2,1H3,(H,18,21). The lowest BCUT2D eigenvalue weighted by Crippen LogP contribution is -2.21. The average Bonchev–Trinajstić information content (AvgIpc) is 2.55. The lowest BCUT2D eigenvalue weighted by atomic mass is 10.1. The van der Waals surface area contributed by atoms with E-state index in [2.05, 4.69) is 5.32 Å². The maximum Gasteiger partial charge on any atom is 0.271 e. The molecule has 0 heterocycles. The summed E-state index contributed by atoms with van der Waals surface area (Å²) in [5.74, 6) is -0.464. The van der Waals surface area contributed by atoms with E-state index in [1.54, 1.807) is 24.3 Å². The van der Waals surface area contributed by atoms with Crippen molar-refractivity contribution in [2.75, 3.05) is 11.9 Å². The van der Waals surface area contributed by atoms with Crippen LogP contribution in [0.3, 0.4) is 0 Å². The van der Waals surface area contributed by atoms with Gasteiger partial charge in [-0.05, 0) is 25.1 Å². The Morgan fingerprint density at radius 1 is 1.25 bits per heavy atom. The van der Waals surface area contributed by atoms with E-state index < -0.39 is 10.8 Å². The number of ketones is 1. The number of nitro groups is 1. The molecule has 0 aliphatic carbocycles. The Morgan fingerprint density at radius 3 is 2.62 bits per heavy atom. The average molecular weight is 349 g/mol. The van der Waals surface area contributed by atoms with Gasteiger partial charge in [-0.15, -0.1) is 0 Å². The summed E-state index contributed by atoms with van der Waals surface area (Å²) in [7, 11) is 0. The number of halogens is 1. The van der Waals surface area contributed by atoms with Crippen LogP contribution in [0.25, 0.3) is 0 Å². The van der Waals surface area contributed by atoms with Crippen LogP contribution < -0.4 is 10.1 Å². The van der Waals surface area contributed by atoms with Crippen molar-refractivity contribution >= 4 is 34.7 Å². The van der Waals surface area contributed by atoms with Crippen molar-refractivity contribution in [2.45, 2.75) is 6.92 Å². The van der Waals surface area contributed by atoms with Gasteiger partial charge in [-0.2, -0.15) is 0 Å². The van der Waals surface area contributed by atoms with Gasteiger partial charge in [-0.1, -0.05) is 23.7 Å². The quantitative estimate of drug-likeness (QED) is 0.489. The van der Waals surface area contributed by atoms with E-state index in [9.17, 15) is 19.7 Å². The van der Waals surface area contributed by atoms with Crippen molar-refractivity contribution in [3.63, 3.8) is 0 Å². The van der Waals surface area contributed by atoms with Gasteiger partial charge in [0, 0.05) is 12.1 Å². The van der Waals surface area contributed by atoms with Crippen LogP contribution in [0.2, 0.25) is 5.02 Å². The van der Waals surface area contributed by atoms with E-state index in [0.717, 1.165) is 6.07 Å². The first-order valence-corrected chi connectivity index (χ1v) is 7.23. The number of nitrogens with one attached hydrogen (secondary N) is 1. The highest BCUT2D eigenvalue weighted by Gasteiger charge is 2.14. The Balaban J connectivity index is 2.06. The Bertz CT molecular complexity index is 807. The summed E-state index contributed by atoms with van der Waals surface area (Å²) in [6.45, 7) is 1.02. The molecule has 24 heavy (non-hydrogen) atoms. The highest BCUT2D eigenvalue weighted by atomic mass is 35.5. The molecule has 7 nitrogen and oxygen atoms in total. The molecule has 0 aliphatic heterocycles. The van der Waals surface area contributed by atoms with E-state index in [1.807, 2.05) is 0 Å². The predicted molar refractivity (Wildman–Crippen MR) is 88.7 cm³/mol. The first-order valence-electron chi connectivity index (χ1n) is 6.85. The van der Waals surface area contributed by atoms with Gasteiger partial charge >= 0.3 is 0 Å². The van der Waals surface area contributed by atoms with Gasteiger partial charge in [0.15, 0.2) is 12.4 Å². The molecular formula is C16H13ClN2O5. The molecule has 2 aromatic rings. The SMILES string of the molecule is CC(=O)c1ccccc1OCC(=O)Nc1cc([N+](=O)[O-])ccc1Cl. The zero-order valence-corrected chi connectivity index (χ0v) is 13.4. The number of carbonyl (C=O) groups is 2. The van der Waals surface area contributed by atoms with Crippen LogP contribution in [0.15, 0.2) is 42.5 Å². The van der Waals surface area contributed by atoms with Crippen molar-refractivity contribution in [1.82, 2.24) is 0 Å². The number of anilines is 1. The molecule has 124 valence electrons. The van der Waals surface area contributed by atoms with E-state index >= 15 is 0 Å². The zero-order chi connectivity index (χ0) is 17.7. The van der Waals surface area contributed by atoms with E-state index in [0.29, 0.717) is 5.56 Å². The van der Waals surface area contributed by atoms with Crippen LogP contribution in [-0.2, 0) is 4.79 Å². The van der Waals surface area contributed by atoms with Crippen molar-refractivity contribution in [2.24, 2.45) is 0 Å². The minimum Gasteiger partial charge on any atom is -0.483 e. The van der Waals surface area contributed by atoms with Gasteiger partial charge in [-0.25, -0.2) is 0 Å². The molecule has 2 rings (SSSR count). The Kier molecular flexibility index (Phi) is 5.49. The van der Waals surface area contributed by atoms with Crippen molar-refractivity contribution < 1.29 is 19.2 Å². The van der Waals surface area contributed by atoms with Crippen LogP contribution in [-0.4, -0.2) is 23.2 Å². The van der Waals surface area contributed by atoms with Gasteiger partial charge in [0.1, 0.15) is 5.75 Å². The molecule has 0 radical (unpaired) electrons. The second kappa shape index (κ2) is 7.56. The Labute approximate surface area is 142 Å². The Hall–Kier alpha value is -2.93. The summed E-state index contributed by atoms with van der Waals surface area (Å²) >= 11 is 5.91. The van der Waals surface area contributed by atoms with Crippen LogP contribution in [0.1, 0.15) is 17.3 Å². The van der Waals surface area contributed by atoms with Gasteiger partial charge in [0.05, 0.1) is 21.2 Å². The largest absolute Gasteiger partial charge is 0.483 e. The number of nitro benzene ring substituents is 1. The molecule has 0 spiro atoms. The zero-order valence-electron chi connectivity index (χ0n) is 12.6. The molecule has 0 fully saturated rings. The molecule has 2 aromatic carbocycles. The third kappa shape index (κ3) is 4.30. The minimum absolute atomic E-state index is 0.110. The number of ether oxygens (including phenoxy) is 1. The number of benzene rings is 2. The molecule has 0 aliphatic rings. The number of nitrogens with zero attached hydrogens (tertiary/aromatic N) is 1. The number of Topliss-reactive ketones (excluding diaryl/α,β-unsaturated/α-hetero) is 1. The molecule has 0 atom stereocenters. The van der Waals surface area contributed by atoms with Crippen LogP contribution in [0.5, 0.6) is 5.75 Å². The van der Waals surface area contributed by atoms with Gasteiger partial charge in [0.2, 0.25) is 0 Å². The van der Waals surface area contributed by atoms with Crippen molar-refractivity contribution in [1.29, 1.82) is 0 Å². The number of non-ortho nitro benzene ring substituents is 1. The summed E-state index contributed by atoms with van der Waals surface area (Å²) in [4.78, 5) is 33.6. The maximum atomic E-state index is 12.0. The lowest BCUT2D eigenvalue weighted by Gasteiger charge is -2.10. The molecule has 1 amide bonds. The fourth-order valence-electron chi connectivity index (χ4n) is 1.94. The first-order chi connectivity index (χ1) is 11.4. The highest BCUT2D eigenvalue weighted by molar-refractivity contribution is 6.33. The second-order valence-electron chi connectivity index (χ2n) is 4.81. The summed E-state index contributed by atoms with van der Waals surface area (Å²) in [6, 6.07) is 10.2. The van der Waals surface area contributed by atoms with Crippen LogP contribution in [0, 0.1) is 10.1 Å². The highest BCUT2D eigenvalue weighted by Crippen LogP contribution is 2.26. The summed E-state index contributed by atoms with van der Waals surface area (Å²) in [5, 5.41) is 13.4. The second-order valence-corrected chi connectivity index (χ2v) is 5.22. The molecule has 0 aromatic heterocycles. The lowest BCUT2D eigenvalue weighted by molar-refractivity contribution is -0.384. The normalized spacial score (nSPS) is 10.1. The monoisotopic (exact) mass is 348 g/mol. The summed E-state index contributed by atoms with van der Waals surface area (Å²) in [6.07, 6.45) is 0. The number of para-hydroxylation sites is 1. The molecule has 0 bridgehead atoms. The number of hydrogen-bond donors (Lipinski definition) is 1. The van der Waals surface area contributed by atoms with Gasteiger partial charge < -0.3 is 10.1 Å². The smallest absolute Gasteiger partial charge is 0.271 e. The number of carbonyl (C=O) groups excluding carboxylic acids is 2. The fourth-order valence-corrected chi connectivity index (χ4v) is 2.10. The molecule has 0 saturated heterocycles. The molecule has 0 saturated carbocycles. The number of amides is 1. The topological polar surface area (TPSA) is 98.5 Å². The van der Waals surface area contributed by atoms with Gasteiger partial charge in [-0.3, -0.25) is 19.7 Å². The van der Waals surface area contributed by atoms with Crippen LogP contribution >= 0.6 is 11.6 Å². The van der Waals surface area contributed by atoms with Gasteiger partial charge in [0.25, 0.3) is 11.6 Å². The van der Waals surface area contributed by atoms with Crippen molar-refractivity contribution in [3.05, 3.63) is 63.2 Å². The van der Waals surface area contributed by atoms with E-state index in [-0.39, 0.29) is 34.5 Å². The summed E-state index contributed by atoms with van der Waals surface area (Å²) in [5.41, 5.74) is 0.274.